The van der Waals surface area contributed by atoms with E-state index in [2.05, 4.69) is 21.2 Å². The van der Waals surface area contributed by atoms with Gasteiger partial charge in [0.1, 0.15) is 17.9 Å². The number of hydrogen-bond donors (Lipinski definition) is 1. The average Bonchev–Trinajstić information content (AvgIpc) is 2.78. The molecule has 1 heterocycles. The lowest BCUT2D eigenvalue weighted by Crippen LogP contribution is -2.54. The highest BCUT2D eigenvalue weighted by atomic mass is 79.9. The summed E-state index contributed by atoms with van der Waals surface area (Å²) in [5.41, 5.74) is 1.40. The van der Waals surface area contributed by atoms with Crippen molar-refractivity contribution in [2.45, 2.75) is 6.61 Å². The van der Waals surface area contributed by atoms with Crippen LogP contribution in [-0.2, 0) is 16.2 Å². The molecular weight excluding hydrogens is 531 g/mol. The molecule has 0 atom stereocenters. The number of ether oxygens (including phenoxy) is 1. The number of urea groups is 1. The number of imide groups is 2. The molecule has 3 aromatic carbocycles. The average molecular weight is 546 g/mol. The maximum Gasteiger partial charge on any atom is 0.335 e. The fraction of sp³-hybridized carbons (Fsp3) is 0.0417. The minimum Gasteiger partial charge on any atom is -0.487 e. The zero-order valence-electron chi connectivity index (χ0n) is 16.8. The summed E-state index contributed by atoms with van der Waals surface area (Å²) >= 11 is 15.9. The van der Waals surface area contributed by atoms with E-state index in [1.165, 1.54) is 12.1 Å². The number of nitrogens with zero attached hydrogens (tertiary/aromatic N) is 1. The molecular formula is C24H15BrCl2N2O4. The zero-order valence-corrected chi connectivity index (χ0v) is 19.9. The number of anilines is 1. The molecule has 1 fully saturated rings. The number of amides is 4. The Morgan fingerprint density at radius 1 is 0.939 bits per heavy atom. The van der Waals surface area contributed by atoms with E-state index < -0.39 is 17.8 Å². The van der Waals surface area contributed by atoms with E-state index in [4.69, 9.17) is 27.9 Å². The third-order valence-electron chi connectivity index (χ3n) is 4.77. The number of rotatable bonds is 5. The number of carbonyl (C=O) groups is 3. The Labute approximate surface area is 207 Å². The van der Waals surface area contributed by atoms with Crippen molar-refractivity contribution in [2.75, 3.05) is 4.90 Å². The highest BCUT2D eigenvalue weighted by molar-refractivity contribution is 9.10. The second kappa shape index (κ2) is 9.79. The van der Waals surface area contributed by atoms with Crippen molar-refractivity contribution in [3.8, 4) is 5.75 Å². The summed E-state index contributed by atoms with van der Waals surface area (Å²) in [6.45, 7) is 0.323. The van der Waals surface area contributed by atoms with Gasteiger partial charge >= 0.3 is 6.03 Å². The van der Waals surface area contributed by atoms with Gasteiger partial charge < -0.3 is 4.74 Å². The molecule has 0 spiro atoms. The predicted octanol–water partition coefficient (Wildman–Crippen LogP) is 6.00. The van der Waals surface area contributed by atoms with E-state index in [1.54, 1.807) is 36.4 Å². The number of barbiturate groups is 1. The van der Waals surface area contributed by atoms with Gasteiger partial charge in [-0.05, 0) is 53.6 Å². The number of benzene rings is 3. The second-order valence-corrected chi connectivity index (χ2v) is 8.74. The molecule has 0 aromatic heterocycles. The minimum atomic E-state index is -0.870. The molecule has 6 nitrogen and oxygen atoms in total. The maximum absolute atomic E-state index is 13.0. The first-order chi connectivity index (χ1) is 15.8. The van der Waals surface area contributed by atoms with Crippen LogP contribution < -0.4 is 15.0 Å². The molecule has 0 bridgehead atoms. The zero-order chi connectivity index (χ0) is 23.5. The quantitative estimate of drug-likeness (QED) is 0.315. The Balaban J connectivity index is 1.57. The third kappa shape index (κ3) is 5.11. The molecule has 33 heavy (non-hydrogen) atoms. The molecule has 9 heteroatoms. The summed E-state index contributed by atoms with van der Waals surface area (Å²) < 4.78 is 6.74. The van der Waals surface area contributed by atoms with E-state index in [1.807, 2.05) is 24.3 Å². The van der Waals surface area contributed by atoms with Crippen LogP contribution in [0.2, 0.25) is 10.0 Å². The van der Waals surface area contributed by atoms with E-state index in [0.29, 0.717) is 22.9 Å². The molecule has 166 valence electrons. The maximum atomic E-state index is 13.0. The van der Waals surface area contributed by atoms with Crippen molar-refractivity contribution in [1.82, 2.24) is 5.32 Å². The van der Waals surface area contributed by atoms with Gasteiger partial charge in [0, 0.05) is 4.47 Å². The smallest absolute Gasteiger partial charge is 0.335 e. The summed E-state index contributed by atoms with van der Waals surface area (Å²) in [6, 6.07) is 18.1. The summed E-state index contributed by atoms with van der Waals surface area (Å²) in [5, 5.41) is 2.67. The fourth-order valence-electron chi connectivity index (χ4n) is 3.14. The van der Waals surface area contributed by atoms with Crippen LogP contribution in [0.3, 0.4) is 0 Å². The number of hydrogen-bond acceptors (Lipinski definition) is 4. The van der Waals surface area contributed by atoms with Crippen LogP contribution in [0.5, 0.6) is 5.75 Å². The van der Waals surface area contributed by atoms with E-state index in [0.717, 1.165) is 14.9 Å². The lowest BCUT2D eigenvalue weighted by atomic mass is 10.1. The number of halogens is 3. The monoisotopic (exact) mass is 544 g/mol. The molecule has 0 radical (unpaired) electrons. The highest BCUT2D eigenvalue weighted by Crippen LogP contribution is 2.30. The van der Waals surface area contributed by atoms with Gasteiger partial charge in [0.15, 0.2) is 0 Å². The Bertz CT molecular complexity index is 1290. The van der Waals surface area contributed by atoms with Crippen LogP contribution >= 0.6 is 39.1 Å². The van der Waals surface area contributed by atoms with E-state index >= 15 is 0 Å². The van der Waals surface area contributed by atoms with Crippen LogP contribution in [0.25, 0.3) is 6.08 Å². The molecule has 0 aliphatic carbocycles. The van der Waals surface area contributed by atoms with Crippen LogP contribution in [0.1, 0.15) is 11.1 Å². The first-order valence-corrected chi connectivity index (χ1v) is 11.2. The molecule has 1 N–H and O–H groups in total. The SMILES string of the molecule is O=C1NC(=O)N(c2ccccc2Cl)C(=O)/C1=C/c1ccc(OCc2ccc(Br)cc2)c(Cl)c1. The molecule has 3 aromatic rings. The van der Waals surface area contributed by atoms with E-state index in [9.17, 15) is 14.4 Å². The number of nitrogens with one attached hydrogen (secondary N) is 1. The first kappa shape index (κ1) is 23.0. The van der Waals surface area contributed by atoms with Crippen LogP contribution in [0.4, 0.5) is 10.5 Å². The van der Waals surface area contributed by atoms with Crippen molar-refractivity contribution in [3.63, 3.8) is 0 Å². The summed E-state index contributed by atoms with van der Waals surface area (Å²) in [4.78, 5) is 38.5. The van der Waals surface area contributed by atoms with Gasteiger partial charge in [-0.1, -0.05) is 69.5 Å². The van der Waals surface area contributed by atoms with Gasteiger partial charge in [0.2, 0.25) is 0 Å². The third-order valence-corrected chi connectivity index (χ3v) is 5.91. The van der Waals surface area contributed by atoms with Crippen LogP contribution in [0, 0.1) is 0 Å². The lowest BCUT2D eigenvalue weighted by Gasteiger charge is -2.27. The minimum absolute atomic E-state index is 0.176. The van der Waals surface area contributed by atoms with Crippen molar-refractivity contribution in [2.24, 2.45) is 0 Å². The van der Waals surface area contributed by atoms with Crippen molar-refractivity contribution in [3.05, 3.63) is 97.9 Å². The standard InChI is InChI=1S/C24H15BrCl2N2O4/c25-16-8-5-14(6-9-16)13-33-21-10-7-15(12-19(21)27)11-17-22(30)28-24(32)29(23(17)31)20-4-2-1-3-18(20)26/h1-12H,13H2,(H,28,30,32)/b17-11+. The molecule has 4 amide bonds. The number of carbonyl (C=O) groups excluding carboxylic acids is 3. The van der Waals surface area contributed by atoms with Crippen molar-refractivity contribution >= 4 is 68.7 Å². The molecule has 0 saturated carbocycles. The van der Waals surface area contributed by atoms with Gasteiger partial charge in [0.25, 0.3) is 11.8 Å². The lowest BCUT2D eigenvalue weighted by molar-refractivity contribution is -0.122. The van der Waals surface area contributed by atoms with Gasteiger partial charge in [-0.25, -0.2) is 9.69 Å². The largest absolute Gasteiger partial charge is 0.487 e. The normalized spacial score (nSPS) is 15.1. The van der Waals surface area contributed by atoms with Gasteiger partial charge in [-0.3, -0.25) is 14.9 Å². The van der Waals surface area contributed by atoms with Crippen molar-refractivity contribution in [1.29, 1.82) is 0 Å². The Morgan fingerprint density at radius 3 is 2.36 bits per heavy atom. The topological polar surface area (TPSA) is 75.7 Å². The Morgan fingerprint density at radius 2 is 1.67 bits per heavy atom. The van der Waals surface area contributed by atoms with Gasteiger partial charge in [-0.15, -0.1) is 0 Å². The first-order valence-electron chi connectivity index (χ1n) is 9.66. The molecule has 1 aliphatic rings. The molecule has 1 saturated heterocycles. The highest BCUT2D eigenvalue weighted by Gasteiger charge is 2.37. The fourth-order valence-corrected chi connectivity index (χ4v) is 3.87. The molecule has 0 unspecified atom stereocenters. The summed E-state index contributed by atoms with van der Waals surface area (Å²) in [7, 11) is 0. The van der Waals surface area contributed by atoms with Crippen LogP contribution in [-0.4, -0.2) is 17.8 Å². The van der Waals surface area contributed by atoms with Crippen molar-refractivity contribution < 1.29 is 19.1 Å². The summed E-state index contributed by atoms with van der Waals surface area (Å²) in [6.07, 6.45) is 1.36. The molecule has 1 aliphatic heterocycles. The van der Waals surface area contributed by atoms with E-state index in [-0.39, 0.29) is 16.3 Å². The van der Waals surface area contributed by atoms with Crippen LogP contribution in [0.15, 0.2) is 76.8 Å². The molecule has 4 rings (SSSR count). The Hall–Kier alpha value is -3.13. The van der Waals surface area contributed by atoms with Gasteiger partial charge in [-0.2, -0.15) is 0 Å². The van der Waals surface area contributed by atoms with Gasteiger partial charge in [0.05, 0.1) is 15.7 Å². The Kier molecular flexibility index (Phi) is 6.83. The summed E-state index contributed by atoms with van der Waals surface area (Å²) in [5.74, 6) is -1.14. The second-order valence-electron chi connectivity index (χ2n) is 7.01. The number of para-hydroxylation sites is 1. The predicted molar refractivity (Wildman–Crippen MR) is 130 cm³/mol.